The van der Waals surface area contributed by atoms with Crippen molar-refractivity contribution < 1.29 is 9.18 Å². The quantitative estimate of drug-likeness (QED) is 0.918. The third-order valence-electron chi connectivity index (χ3n) is 4.11. The molecule has 1 aliphatic heterocycles. The normalized spacial score (nSPS) is 17.1. The lowest BCUT2D eigenvalue weighted by Crippen LogP contribution is -2.33. The van der Waals surface area contributed by atoms with E-state index < -0.39 is 5.82 Å². The maximum absolute atomic E-state index is 13.8. The van der Waals surface area contributed by atoms with E-state index in [1.54, 1.807) is 19.1 Å². The molecule has 4 heteroatoms. The average molecular weight is 278 g/mol. The Labute approximate surface area is 120 Å². The van der Waals surface area contributed by atoms with E-state index in [2.05, 4.69) is 17.3 Å². The SMILES string of the molecule is Cc1cccc(C(=O)NCCC2CCN(C)CC2)c1F. The lowest BCUT2D eigenvalue weighted by Gasteiger charge is -2.28. The highest BCUT2D eigenvalue weighted by molar-refractivity contribution is 5.94. The van der Waals surface area contributed by atoms with Gasteiger partial charge in [-0.1, -0.05) is 12.1 Å². The van der Waals surface area contributed by atoms with Crippen molar-refractivity contribution in [2.24, 2.45) is 5.92 Å². The Bertz CT molecular complexity index is 468. The maximum atomic E-state index is 13.8. The largest absolute Gasteiger partial charge is 0.352 e. The van der Waals surface area contributed by atoms with Crippen LogP contribution < -0.4 is 5.32 Å². The van der Waals surface area contributed by atoms with Crippen LogP contribution in [0.2, 0.25) is 0 Å². The molecule has 0 atom stereocenters. The number of rotatable bonds is 4. The highest BCUT2D eigenvalue weighted by Crippen LogP contribution is 2.19. The molecule has 0 radical (unpaired) electrons. The maximum Gasteiger partial charge on any atom is 0.254 e. The van der Waals surface area contributed by atoms with Crippen LogP contribution in [0.3, 0.4) is 0 Å². The third kappa shape index (κ3) is 3.79. The zero-order chi connectivity index (χ0) is 14.5. The van der Waals surface area contributed by atoms with E-state index in [0.717, 1.165) is 19.5 Å². The second-order valence-electron chi connectivity index (χ2n) is 5.73. The van der Waals surface area contributed by atoms with Crippen LogP contribution in [-0.4, -0.2) is 37.5 Å². The van der Waals surface area contributed by atoms with Gasteiger partial charge in [0.15, 0.2) is 0 Å². The molecule has 1 fully saturated rings. The van der Waals surface area contributed by atoms with Crippen LogP contribution in [0.4, 0.5) is 4.39 Å². The first-order chi connectivity index (χ1) is 9.58. The topological polar surface area (TPSA) is 32.3 Å². The number of carbonyl (C=O) groups is 1. The van der Waals surface area contributed by atoms with Gasteiger partial charge in [-0.3, -0.25) is 4.79 Å². The Morgan fingerprint density at radius 3 is 2.80 bits per heavy atom. The molecule has 0 saturated carbocycles. The van der Waals surface area contributed by atoms with Gasteiger partial charge in [0.2, 0.25) is 0 Å². The predicted octanol–water partition coefficient (Wildman–Crippen LogP) is 2.60. The number of nitrogens with zero attached hydrogens (tertiary/aromatic N) is 1. The van der Waals surface area contributed by atoms with Gasteiger partial charge in [-0.25, -0.2) is 4.39 Å². The summed E-state index contributed by atoms with van der Waals surface area (Å²) in [5, 5.41) is 2.83. The molecule has 0 unspecified atom stereocenters. The molecule has 1 N–H and O–H groups in total. The fourth-order valence-corrected chi connectivity index (χ4v) is 2.66. The van der Waals surface area contributed by atoms with Gasteiger partial charge in [0, 0.05) is 6.54 Å². The molecule has 3 nitrogen and oxygen atoms in total. The van der Waals surface area contributed by atoms with Gasteiger partial charge in [-0.15, -0.1) is 0 Å². The van der Waals surface area contributed by atoms with Gasteiger partial charge in [0.25, 0.3) is 5.91 Å². The molecule has 0 bridgehead atoms. The molecule has 0 spiro atoms. The number of halogens is 1. The minimum Gasteiger partial charge on any atom is -0.352 e. The molecule has 1 aliphatic rings. The molecule has 20 heavy (non-hydrogen) atoms. The van der Waals surface area contributed by atoms with Gasteiger partial charge in [0.1, 0.15) is 5.82 Å². The molecule has 110 valence electrons. The van der Waals surface area contributed by atoms with Crippen molar-refractivity contribution in [2.45, 2.75) is 26.2 Å². The standard InChI is InChI=1S/C16H23FN2O/c1-12-4-3-5-14(15(12)17)16(20)18-9-6-13-7-10-19(2)11-8-13/h3-5,13H,6-11H2,1-2H3,(H,18,20). The van der Waals surface area contributed by atoms with Crippen LogP contribution in [0.1, 0.15) is 35.2 Å². The van der Waals surface area contributed by atoms with Crippen molar-refractivity contribution in [3.05, 3.63) is 35.1 Å². The number of nitrogens with one attached hydrogen (secondary N) is 1. The zero-order valence-corrected chi connectivity index (χ0v) is 12.3. The van der Waals surface area contributed by atoms with Crippen LogP contribution in [0.15, 0.2) is 18.2 Å². The van der Waals surface area contributed by atoms with E-state index in [-0.39, 0.29) is 11.5 Å². The lowest BCUT2D eigenvalue weighted by molar-refractivity contribution is 0.0944. The summed E-state index contributed by atoms with van der Waals surface area (Å²) >= 11 is 0. The summed E-state index contributed by atoms with van der Waals surface area (Å²) < 4.78 is 13.8. The number of benzene rings is 1. The number of likely N-dealkylation sites (tertiary alicyclic amines) is 1. The van der Waals surface area contributed by atoms with Gasteiger partial charge in [-0.05, 0) is 63.9 Å². The molecule has 1 aromatic carbocycles. The van der Waals surface area contributed by atoms with Crippen molar-refractivity contribution in [3.63, 3.8) is 0 Å². The first-order valence-electron chi connectivity index (χ1n) is 7.30. The summed E-state index contributed by atoms with van der Waals surface area (Å²) in [6, 6.07) is 4.92. The lowest BCUT2D eigenvalue weighted by atomic mass is 9.94. The Kier molecular flexibility index (Phi) is 5.12. The second-order valence-corrected chi connectivity index (χ2v) is 5.73. The van der Waals surface area contributed by atoms with Crippen molar-refractivity contribution >= 4 is 5.91 Å². The predicted molar refractivity (Wildman–Crippen MR) is 78.3 cm³/mol. The van der Waals surface area contributed by atoms with Crippen molar-refractivity contribution in [1.29, 1.82) is 0 Å². The molecular formula is C16H23FN2O. The summed E-state index contributed by atoms with van der Waals surface area (Å²) in [4.78, 5) is 14.3. The number of hydrogen-bond acceptors (Lipinski definition) is 2. The van der Waals surface area contributed by atoms with Crippen molar-refractivity contribution in [3.8, 4) is 0 Å². The van der Waals surface area contributed by atoms with E-state index >= 15 is 0 Å². The van der Waals surface area contributed by atoms with E-state index in [0.29, 0.717) is 18.0 Å². The summed E-state index contributed by atoms with van der Waals surface area (Å²) in [6.07, 6.45) is 3.35. The zero-order valence-electron chi connectivity index (χ0n) is 12.3. The van der Waals surface area contributed by atoms with Crippen LogP contribution >= 0.6 is 0 Å². The second kappa shape index (κ2) is 6.84. The van der Waals surface area contributed by atoms with E-state index in [1.807, 2.05) is 0 Å². The Hall–Kier alpha value is -1.42. The van der Waals surface area contributed by atoms with E-state index in [1.165, 1.54) is 18.9 Å². The van der Waals surface area contributed by atoms with E-state index in [9.17, 15) is 9.18 Å². The minimum atomic E-state index is -0.413. The minimum absolute atomic E-state index is 0.147. The Balaban J connectivity index is 1.79. The summed E-state index contributed by atoms with van der Waals surface area (Å²) in [5.41, 5.74) is 0.654. The number of aryl methyl sites for hydroxylation is 1. The molecule has 2 rings (SSSR count). The van der Waals surface area contributed by atoms with Gasteiger partial charge >= 0.3 is 0 Å². The number of carbonyl (C=O) groups excluding carboxylic acids is 1. The molecule has 0 aromatic heterocycles. The third-order valence-corrected chi connectivity index (χ3v) is 4.11. The molecule has 1 amide bonds. The highest BCUT2D eigenvalue weighted by atomic mass is 19.1. The summed E-state index contributed by atoms with van der Waals surface area (Å²) in [5.74, 6) is -0.0442. The fraction of sp³-hybridized carbons (Fsp3) is 0.562. The van der Waals surface area contributed by atoms with Gasteiger partial charge in [-0.2, -0.15) is 0 Å². The monoisotopic (exact) mass is 278 g/mol. The molecule has 1 aromatic rings. The summed E-state index contributed by atoms with van der Waals surface area (Å²) in [7, 11) is 2.14. The number of piperidine rings is 1. The average Bonchev–Trinajstić information content (AvgIpc) is 2.44. The molecule has 1 heterocycles. The first kappa shape index (κ1) is 15.0. The number of hydrogen-bond donors (Lipinski definition) is 1. The molecule has 0 aliphatic carbocycles. The van der Waals surface area contributed by atoms with Crippen molar-refractivity contribution in [1.82, 2.24) is 10.2 Å². The fourth-order valence-electron chi connectivity index (χ4n) is 2.66. The van der Waals surface area contributed by atoms with Crippen LogP contribution in [0.25, 0.3) is 0 Å². The summed E-state index contributed by atoms with van der Waals surface area (Å²) in [6.45, 7) is 4.56. The Morgan fingerprint density at radius 1 is 1.40 bits per heavy atom. The van der Waals surface area contributed by atoms with Gasteiger partial charge in [0.05, 0.1) is 5.56 Å². The molecule has 1 saturated heterocycles. The van der Waals surface area contributed by atoms with Gasteiger partial charge < -0.3 is 10.2 Å². The smallest absolute Gasteiger partial charge is 0.254 e. The van der Waals surface area contributed by atoms with Crippen molar-refractivity contribution in [2.75, 3.05) is 26.7 Å². The molecular weight excluding hydrogens is 255 g/mol. The Morgan fingerprint density at radius 2 is 2.10 bits per heavy atom. The van der Waals surface area contributed by atoms with Crippen LogP contribution in [0.5, 0.6) is 0 Å². The van der Waals surface area contributed by atoms with Crippen LogP contribution in [-0.2, 0) is 0 Å². The van der Waals surface area contributed by atoms with Crippen LogP contribution in [0, 0.1) is 18.7 Å². The highest BCUT2D eigenvalue weighted by Gasteiger charge is 2.17. The first-order valence-corrected chi connectivity index (χ1v) is 7.30. The number of amides is 1. The van der Waals surface area contributed by atoms with E-state index in [4.69, 9.17) is 0 Å².